The molecule has 0 aliphatic heterocycles. The van der Waals surface area contributed by atoms with Crippen molar-refractivity contribution in [3.63, 3.8) is 0 Å². The fraction of sp³-hybridized carbons (Fsp3) is 0.143. The van der Waals surface area contributed by atoms with Gasteiger partial charge in [0.1, 0.15) is 4.83 Å². The average Bonchev–Trinajstić information content (AvgIpc) is 3.01. The van der Waals surface area contributed by atoms with Crippen LogP contribution in [0.15, 0.2) is 58.1 Å². The highest BCUT2D eigenvalue weighted by atomic mass is 35.5. The maximum atomic E-state index is 13.0. The number of nitrogens with zero attached hydrogens (tertiary/aromatic N) is 1. The van der Waals surface area contributed by atoms with Gasteiger partial charge in [0.05, 0.1) is 17.5 Å². The van der Waals surface area contributed by atoms with Crippen LogP contribution in [-0.2, 0) is 12.7 Å². The summed E-state index contributed by atoms with van der Waals surface area (Å²) in [7, 11) is 0. The number of rotatable bonds is 3. The summed E-state index contributed by atoms with van der Waals surface area (Å²) in [5, 5.41) is 0.973. The van der Waals surface area contributed by atoms with E-state index in [4.69, 9.17) is 11.6 Å². The number of thiophene rings is 1. The van der Waals surface area contributed by atoms with Crippen LogP contribution in [0.3, 0.4) is 0 Å². The third kappa shape index (κ3) is 3.68. The number of hydrogen-bond donors (Lipinski definition) is 1. The van der Waals surface area contributed by atoms with Crippen molar-refractivity contribution >= 4 is 33.2 Å². The molecule has 0 fully saturated rings. The Hall–Kier alpha value is -2.84. The lowest BCUT2D eigenvalue weighted by Crippen LogP contribution is -2.35. The minimum absolute atomic E-state index is 0.131. The molecule has 4 nitrogen and oxygen atoms in total. The third-order valence-corrected chi connectivity index (χ3v) is 6.31. The molecule has 0 saturated heterocycles. The number of aryl methyl sites for hydroxylation is 1. The topological polar surface area (TPSA) is 54.9 Å². The van der Waals surface area contributed by atoms with Crippen LogP contribution in [-0.4, -0.2) is 9.55 Å². The molecule has 4 rings (SSSR count). The largest absolute Gasteiger partial charge is 0.416 e. The first-order valence-corrected chi connectivity index (χ1v) is 10.0. The number of nitrogens with one attached hydrogen (secondary N) is 1. The Morgan fingerprint density at radius 2 is 1.67 bits per heavy atom. The lowest BCUT2D eigenvalue weighted by atomic mass is 10.1. The van der Waals surface area contributed by atoms with Crippen molar-refractivity contribution in [3.05, 3.63) is 91.1 Å². The number of hydrogen-bond acceptors (Lipinski definition) is 3. The summed E-state index contributed by atoms with van der Waals surface area (Å²) in [6, 6.07) is 11.5. The van der Waals surface area contributed by atoms with E-state index in [0.29, 0.717) is 20.8 Å². The minimum atomic E-state index is -4.45. The SMILES string of the molecule is Cc1c(-c2ccc(Cl)cc2)sc2[nH]c(=O)n(Cc3ccc(C(F)(F)F)cc3)c(=O)c12. The molecule has 9 heteroatoms. The van der Waals surface area contributed by atoms with Crippen molar-refractivity contribution in [2.45, 2.75) is 19.6 Å². The van der Waals surface area contributed by atoms with Gasteiger partial charge >= 0.3 is 11.9 Å². The van der Waals surface area contributed by atoms with E-state index >= 15 is 0 Å². The van der Waals surface area contributed by atoms with Gasteiger partial charge < -0.3 is 0 Å². The Labute approximate surface area is 177 Å². The number of halogens is 4. The van der Waals surface area contributed by atoms with Gasteiger partial charge in [0.15, 0.2) is 0 Å². The van der Waals surface area contributed by atoms with Crippen LogP contribution in [0.5, 0.6) is 0 Å². The minimum Gasteiger partial charge on any atom is -0.298 e. The first-order valence-electron chi connectivity index (χ1n) is 8.83. The van der Waals surface area contributed by atoms with Crippen LogP contribution in [0.2, 0.25) is 5.02 Å². The molecule has 0 aliphatic rings. The summed E-state index contributed by atoms with van der Waals surface area (Å²) >= 11 is 7.23. The van der Waals surface area contributed by atoms with Crippen LogP contribution in [0, 0.1) is 6.92 Å². The van der Waals surface area contributed by atoms with Crippen LogP contribution < -0.4 is 11.2 Å². The van der Waals surface area contributed by atoms with Crippen molar-refractivity contribution in [1.29, 1.82) is 0 Å². The zero-order chi connectivity index (χ0) is 21.6. The molecule has 2 aromatic carbocycles. The zero-order valence-corrected chi connectivity index (χ0v) is 17.1. The standard InChI is InChI=1S/C21H14ClF3N2O2S/c1-11-16-18(30-17(11)13-4-8-15(22)9-5-13)26-20(29)27(19(16)28)10-12-2-6-14(7-3-12)21(23,24)25/h2-9H,10H2,1H3,(H,26,29). The molecule has 0 saturated carbocycles. The molecule has 2 heterocycles. The molecule has 0 atom stereocenters. The highest BCUT2D eigenvalue weighted by molar-refractivity contribution is 7.22. The molecular weight excluding hydrogens is 437 g/mol. The Morgan fingerprint density at radius 1 is 1.03 bits per heavy atom. The second kappa shape index (κ2) is 7.45. The first kappa shape index (κ1) is 20.4. The van der Waals surface area contributed by atoms with Gasteiger partial charge in [0.25, 0.3) is 5.56 Å². The molecule has 4 aromatic rings. The van der Waals surface area contributed by atoms with E-state index in [1.54, 1.807) is 19.1 Å². The quantitative estimate of drug-likeness (QED) is 0.451. The Bertz CT molecular complexity index is 1350. The number of aromatic amines is 1. The highest BCUT2D eigenvalue weighted by Crippen LogP contribution is 2.35. The molecule has 30 heavy (non-hydrogen) atoms. The second-order valence-electron chi connectivity index (χ2n) is 6.78. The summed E-state index contributed by atoms with van der Waals surface area (Å²) in [4.78, 5) is 29.6. The van der Waals surface area contributed by atoms with Crippen molar-refractivity contribution < 1.29 is 13.2 Å². The van der Waals surface area contributed by atoms with Gasteiger partial charge in [-0.25, -0.2) is 4.79 Å². The van der Waals surface area contributed by atoms with E-state index in [2.05, 4.69) is 4.98 Å². The van der Waals surface area contributed by atoms with E-state index in [-0.39, 0.29) is 6.54 Å². The number of alkyl halides is 3. The van der Waals surface area contributed by atoms with Crippen molar-refractivity contribution in [2.75, 3.05) is 0 Å². The first-order chi connectivity index (χ1) is 14.1. The van der Waals surface area contributed by atoms with E-state index in [1.807, 2.05) is 12.1 Å². The molecule has 154 valence electrons. The summed E-state index contributed by atoms with van der Waals surface area (Å²) in [6.07, 6.45) is -4.45. The second-order valence-corrected chi connectivity index (χ2v) is 8.24. The van der Waals surface area contributed by atoms with Crippen molar-refractivity contribution in [3.8, 4) is 10.4 Å². The molecular formula is C21H14ClF3N2O2S. The van der Waals surface area contributed by atoms with Crippen LogP contribution in [0.1, 0.15) is 16.7 Å². The van der Waals surface area contributed by atoms with Gasteiger partial charge in [-0.3, -0.25) is 14.3 Å². The van der Waals surface area contributed by atoms with Crippen LogP contribution >= 0.6 is 22.9 Å². The van der Waals surface area contributed by atoms with Crippen LogP contribution in [0.4, 0.5) is 13.2 Å². The predicted octanol–water partition coefficient (Wildman–Crippen LogP) is 5.45. The number of H-pyrrole nitrogens is 1. The Kier molecular flexibility index (Phi) is 5.07. The zero-order valence-electron chi connectivity index (χ0n) is 15.5. The number of aromatic nitrogens is 2. The molecule has 0 radical (unpaired) electrons. The smallest absolute Gasteiger partial charge is 0.298 e. The van der Waals surface area contributed by atoms with Gasteiger partial charge in [-0.15, -0.1) is 11.3 Å². The molecule has 1 N–H and O–H groups in total. The fourth-order valence-corrected chi connectivity index (χ4v) is 4.57. The molecule has 2 aromatic heterocycles. The molecule has 0 spiro atoms. The number of fused-ring (bicyclic) bond motifs is 1. The monoisotopic (exact) mass is 450 g/mol. The maximum absolute atomic E-state index is 13.0. The van der Waals surface area contributed by atoms with E-state index in [9.17, 15) is 22.8 Å². The van der Waals surface area contributed by atoms with E-state index < -0.39 is 23.0 Å². The normalized spacial score (nSPS) is 11.9. The summed E-state index contributed by atoms with van der Waals surface area (Å²) in [6.45, 7) is 1.67. The molecule has 0 unspecified atom stereocenters. The molecule has 0 bridgehead atoms. The van der Waals surface area contributed by atoms with Crippen molar-refractivity contribution in [1.82, 2.24) is 9.55 Å². The predicted molar refractivity (Wildman–Crippen MR) is 112 cm³/mol. The maximum Gasteiger partial charge on any atom is 0.416 e. The average molecular weight is 451 g/mol. The van der Waals surface area contributed by atoms with Crippen molar-refractivity contribution in [2.24, 2.45) is 0 Å². The van der Waals surface area contributed by atoms with Gasteiger partial charge in [-0.1, -0.05) is 35.9 Å². The highest BCUT2D eigenvalue weighted by Gasteiger charge is 2.30. The van der Waals surface area contributed by atoms with Gasteiger partial charge in [0.2, 0.25) is 0 Å². The lowest BCUT2D eigenvalue weighted by molar-refractivity contribution is -0.137. The van der Waals surface area contributed by atoms with Gasteiger partial charge in [-0.05, 0) is 47.9 Å². The fourth-order valence-electron chi connectivity index (χ4n) is 3.25. The lowest BCUT2D eigenvalue weighted by Gasteiger charge is -2.09. The van der Waals surface area contributed by atoms with Gasteiger partial charge in [0, 0.05) is 9.90 Å². The van der Waals surface area contributed by atoms with Crippen LogP contribution in [0.25, 0.3) is 20.7 Å². The summed E-state index contributed by atoms with van der Waals surface area (Å²) in [5.74, 6) is 0. The van der Waals surface area contributed by atoms with E-state index in [1.165, 1.54) is 23.5 Å². The summed E-state index contributed by atoms with van der Waals surface area (Å²) < 4.78 is 39.2. The number of benzene rings is 2. The van der Waals surface area contributed by atoms with E-state index in [0.717, 1.165) is 32.7 Å². The van der Waals surface area contributed by atoms with Gasteiger partial charge in [-0.2, -0.15) is 13.2 Å². The molecule has 0 aliphatic carbocycles. The molecule has 0 amide bonds. The Morgan fingerprint density at radius 3 is 2.27 bits per heavy atom. The Balaban J connectivity index is 1.78. The third-order valence-electron chi connectivity index (χ3n) is 4.80. The summed E-state index contributed by atoms with van der Waals surface area (Å²) in [5.41, 5.74) is 0.122.